The Hall–Kier alpha value is -2.81. The number of nitrogens with one attached hydrogen (secondary N) is 1. The number of amides is 2. The second-order valence-electron chi connectivity index (χ2n) is 7.02. The van der Waals surface area contributed by atoms with E-state index in [4.69, 9.17) is 9.47 Å². The van der Waals surface area contributed by atoms with Crippen molar-refractivity contribution in [3.05, 3.63) is 40.6 Å². The van der Waals surface area contributed by atoms with E-state index in [1.165, 1.54) is 4.68 Å². The molecule has 0 spiro atoms. The van der Waals surface area contributed by atoms with Crippen LogP contribution in [0.3, 0.4) is 0 Å². The molecule has 0 bridgehead atoms. The summed E-state index contributed by atoms with van der Waals surface area (Å²) in [6.45, 7) is 4.66. The summed E-state index contributed by atoms with van der Waals surface area (Å²) in [7, 11) is 3.21. The number of anilines is 1. The molecule has 2 amide bonds. The van der Waals surface area contributed by atoms with Crippen molar-refractivity contribution in [3.8, 4) is 5.75 Å². The molecule has 1 aromatic carbocycles. The molecule has 1 aromatic heterocycles. The van der Waals surface area contributed by atoms with Crippen LogP contribution in [0.2, 0.25) is 0 Å². The van der Waals surface area contributed by atoms with Crippen molar-refractivity contribution in [1.29, 1.82) is 0 Å². The Bertz CT molecular complexity index is 866. The van der Waals surface area contributed by atoms with Gasteiger partial charge in [0.05, 0.1) is 20.3 Å². The second-order valence-corrected chi connectivity index (χ2v) is 7.02. The molecule has 1 fully saturated rings. The molecule has 1 saturated heterocycles. The zero-order valence-electron chi connectivity index (χ0n) is 17.3. The van der Waals surface area contributed by atoms with E-state index in [2.05, 4.69) is 10.4 Å². The number of ether oxygens (including phenoxy) is 2. The highest BCUT2D eigenvalue weighted by molar-refractivity contribution is 5.89. The molecule has 1 N–H and O–H groups in total. The van der Waals surface area contributed by atoms with Crippen molar-refractivity contribution in [2.24, 2.45) is 0 Å². The number of piperidine rings is 1. The van der Waals surface area contributed by atoms with Gasteiger partial charge in [-0.05, 0) is 44.0 Å². The number of methoxy groups -OCH3 is 2. The molecule has 1 aliphatic heterocycles. The predicted octanol–water partition coefficient (Wildman–Crippen LogP) is 2.13. The van der Waals surface area contributed by atoms with Crippen LogP contribution in [-0.2, 0) is 17.8 Å². The van der Waals surface area contributed by atoms with Crippen LogP contribution in [0.1, 0.15) is 31.5 Å². The topological polar surface area (TPSA) is 90.6 Å². The molecule has 1 aliphatic rings. The number of likely N-dealkylation sites (tertiary alicyclic amines) is 1. The number of urea groups is 1. The van der Waals surface area contributed by atoms with E-state index in [-0.39, 0.29) is 17.6 Å². The van der Waals surface area contributed by atoms with E-state index in [1.807, 2.05) is 31.2 Å². The minimum atomic E-state index is -0.118. The molecule has 9 heteroatoms. The Morgan fingerprint density at radius 2 is 1.90 bits per heavy atom. The maximum atomic E-state index is 12.6. The standard InChI is InChI=1S/C20H29N5O4/c1-4-24-18(22-25(20(24)27)13-14-28-2)15-9-11-23(12-10-15)19(26)21-16-5-7-17(29-3)8-6-16/h5-8,15H,4,9-14H2,1-3H3,(H,21,26). The Morgan fingerprint density at radius 3 is 2.48 bits per heavy atom. The van der Waals surface area contributed by atoms with Crippen LogP contribution in [0.15, 0.2) is 29.1 Å². The molecule has 0 saturated carbocycles. The lowest BCUT2D eigenvalue weighted by atomic mass is 9.96. The minimum Gasteiger partial charge on any atom is -0.497 e. The summed E-state index contributed by atoms with van der Waals surface area (Å²) in [6.07, 6.45) is 1.55. The molecule has 29 heavy (non-hydrogen) atoms. The summed E-state index contributed by atoms with van der Waals surface area (Å²) in [6, 6.07) is 7.14. The third kappa shape index (κ3) is 4.79. The van der Waals surface area contributed by atoms with Gasteiger partial charge < -0.3 is 19.7 Å². The average molecular weight is 403 g/mol. The molecule has 158 valence electrons. The van der Waals surface area contributed by atoms with Gasteiger partial charge in [-0.3, -0.25) is 4.57 Å². The van der Waals surface area contributed by atoms with Crippen molar-refractivity contribution in [2.45, 2.75) is 38.8 Å². The van der Waals surface area contributed by atoms with Crippen LogP contribution >= 0.6 is 0 Å². The lowest BCUT2D eigenvalue weighted by molar-refractivity contribution is 0.181. The summed E-state index contributed by atoms with van der Waals surface area (Å²) in [4.78, 5) is 26.9. The van der Waals surface area contributed by atoms with E-state index in [0.29, 0.717) is 32.8 Å². The number of nitrogens with zero attached hydrogens (tertiary/aromatic N) is 4. The summed E-state index contributed by atoms with van der Waals surface area (Å²) in [5, 5.41) is 7.47. The average Bonchev–Trinajstić information content (AvgIpc) is 3.08. The van der Waals surface area contributed by atoms with Gasteiger partial charge in [0.1, 0.15) is 11.6 Å². The van der Waals surface area contributed by atoms with Crippen molar-refractivity contribution < 1.29 is 14.3 Å². The number of hydrogen-bond acceptors (Lipinski definition) is 5. The Kier molecular flexibility index (Phi) is 6.92. The summed E-state index contributed by atoms with van der Waals surface area (Å²) in [5.41, 5.74) is 0.633. The second kappa shape index (κ2) is 9.60. The molecule has 2 heterocycles. The van der Waals surface area contributed by atoms with E-state index in [9.17, 15) is 9.59 Å². The number of aromatic nitrogens is 3. The van der Waals surface area contributed by atoms with Gasteiger partial charge >= 0.3 is 11.7 Å². The zero-order chi connectivity index (χ0) is 20.8. The molecule has 9 nitrogen and oxygen atoms in total. The largest absolute Gasteiger partial charge is 0.497 e. The number of rotatable bonds is 7. The molecule has 0 atom stereocenters. The normalized spacial score (nSPS) is 14.8. The van der Waals surface area contributed by atoms with Gasteiger partial charge in [-0.1, -0.05) is 0 Å². The summed E-state index contributed by atoms with van der Waals surface area (Å²) >= 11 is 0. The number of benzene rings is 1. The minimum absolute atomic E-state index is 0.0979. The van der Waals surface area contributed by atoms with Gasteiger partial charge in [-0.25, -0.2) is 14.3 Å². The molecule has 3 rings (SSSR count). The third-order valence-corrected chi connectivity index (χ3v) is 5.26. The van der Waals surface area contributed by atoms with Gasteiger partial charge in [0.15, 0.2) is 0 Å². The molecular weight excluding hydrogens is 374 g/mol. The highest BCUT2D eigenvalue weighted by Crippen LogP contribution is 2.26. The lowest BCUT2D eigenvalue weighted by Crippen LogP contribution is -2.41. The van der Waals surface area contributed by atoms with Crippen LogP contribution in [0, 0.1) is 0 Å². The first-order valence-electron chi connectivity index (χ1n) is 9.93. The Balaban J connectivity index is 1.61. The van der Waals surface area contributed by atoms with Gasteiger partial charge in [0, 0.05) is 38.3 Å². The van der Waals surface area contributed by atoms with Gasteiger partial charge in [-0.2, -0.15) is 5.10 Å². The third-order valence-electron chi connectivity index (χ3n) is 5.26. The summed E-state index contributed by atoms with van der Waals surface area (Å²) in [5.74, 6) is 1.72. The first-order chi connectivity index (χ1) is 14.1. The molecular formula is C20H29N5O4. The fourth-order valence-corrected chi connectivity index (χ4v) is 3.60. The van der Waals surface area contributed by atoms with Crippen molar-refractivity contribution in [1.82, 2.24) is 19.2 Å². The van der Waals surface area contributed by atoms with E-state index < -0.39 is 0 Å². The highest BCUT2D eigenvalue weighted by atomic mass is 16.5. The van der Waals surface area contributed by atoms with Crippen LogP contribution < -0.4 is 15.7 Å². The quantitative estimate of drug-likeness (QED) is 0.765. The van der Waals surface area contributed by atoms with Crippen molar-refractivity contribution in [2.75, 3.05) is 39.2 Å². The van der Waals surface area contributed by atoms with Crippen LogP contribution in [0.25, 0.3) is 0 Å². The highest BCUT2D eigenvalue weighted by Gasteiger charge is 2.28. The SMILES string of the molecule is CCn1c(C2CCN(C(=O)Nc3ccc(OC)cc3)CC2)nn(CCOC)c1=O. The smallest absolute Gasteiger partial charge is 0.345 e. The van der Waals surface area contributed by atoms with E-state index >= 15 is 0 Å². The predicted molar refractivity (Wildman–Crippen MR) is 110 cm³/mol. The van der Waals surface area contributed by atoms with E-state index in [1.54, 1.807) is 23.7 Å². The Labute approximate surface area is 170 Å². The molecule has 0 unspecified atom stereocenters. The van der Waals surface area contributed by atoms with Crippen molar-refractivity contribution >= 4 is 11.7 Å². The first kappa shape index (κ1) is 20.9. The number of carbonyl (C=O) groups is 1. The van der Waals surface area contributed by atoms with Crippen LogP contribution in [-0.4, -0.2) is 59.2 Å². The van der Waals surface area contributed by atoms with Crippen LogP contribution in [0.4, 0.5) is 10.5 Å². The maximum absolute atomic E-state index is 12.6. The fraction of sp³-hybridized carbons (Fsp3) is 0.550. The maximum Gasteiger partial charge on any atom is 0.345 e. The van der Waals surface area contributed by atoms with Gasteiger partial charge in [0.2, 0.25) is 0 Å². The summed E-state index contributed by atoms with van der Waals surface area (Å²) < 4.78 is 13.4. The molecule has 0 aliphatic carbocycles. The lowest BCUT2D eigenvalue weighted by Gasteiger charge is -2.31. The molecule has 2 aromatic rings. The first-order valence-corrected chi connectivity index (χ1v) is 9.93. The van der Waals surface area contributed by atoms with Gasteiger partial charge in [0.25, 0.3) is 0 Å². The van der Waals surface area contributed by atoms with Crippen LogP contribution in [0.5, 0.6) is 5.75 Å². The zero-order valence-corrected chi connectivity index (χ0v) is 17.3. The van der Waals surface area contributed by atoms with E-state index in [0.717, 1.165) is 30.1 Å². The molecule has 0 radical (unpaired) electrons. The fourth-order valence-electron chi connectivity index (χ4n) is 3.60. The monoisotopic (exact) mass is 403 g/mol. The van der Waals surface area contributed by atoms with Crippen molar-refractivity contribution in [3.63, 3.8) is 0 Å². The number of carbonyl (C=O) groups excluding carboxylic acids is 1. The number of hydrogen-bond donors (Lipinski definition) is 1. The van der Waals surface area contributed by atoms with Gasteiger partial charge in [-0.15, -0.1) is 0 Å². The Morgan fingerprint density at radius 1 is 1.21 bits per heavy atom.